The highest BCUT2D eigenvalue weighted by atomic mass is 16.5. The third kappa shape index (κ3) is 1.96. The standard InChI is InChI=1S/C12H15O2/c1-4-10-6-5-7-11(9(2)8-13)12(10)14-3/h4-7,9,13H,1-2,8H2,3H3. The van der Waals surface area contributed by atoms with E-state index in [-0.39, 0.29) is 12.5 Å². The van der Waals surface area contributed by atoms with Crippen LogP contribution in [-0.4, -0.2) is 18.8 Å². The Morgan fingerprint density at radius 1 is 1.57 bits per heavy atom. The van der Waals surface area contributed by atoms with Gasteiger partial charge < -0.3 is 9.84 Å². The molecule has 0 aliphatic heterocycles. The maximum Gasteiger partial charge on any atom is 0.129 e. The Hall–Kier alpha value is -1.28. The maximum atomic E-state index is 9.03. The SMILES string of the molecule is [CH2]C(CO)c1cccc(C=C)c1OC. The lowest BCUT2D eigenvalue weighted by atomic mass is 9.98. The summed E-state index contributed by atoms with van der Waals surface area (Å²) in [5.41, 5.74) is 1.83. The van der Waals surface area contributed by atoms with Gasteiger partial charge in [-0.2, -0.15) is 0 Å². The van der Waals surface area contributed by atoms with E-state index in [0.717, 1.165) is 16.9 Å². The highest BCUT2D eigenvalue weighted by Crippen LogP contribution is 2.30. The molecule has 0 aliphatic carbocycles. The van der Waals surface area contributed by atoms with Crippen LogP contribution in [0.3, 0.4) is 0 Å². The summed E-state index contributed by atoms with van der Waals surface area (Å²) < 4.78 is 5.27. The highest BCUT2D eigenvalue weighted by molar-refractivity contribution is 5.59. The lowest BCUT2D eigenvalue weighted by molar-refractivity contribution is 0.279. The Kier molecular flexibility index (Phi) is 3.72. The topological polar surface area (TPSA) is 29.5 Å². The van der Waals surface area contributed by atoms with Crippen molar-refractivity contribution < 1.29 is 9.84 Å². The fourth-order valence-electron chi connectivity index (χ4n) is 1.39. The lowest BCUT2D eigenvalue weighted by Gasteiger charge is -2.15. The first-order valence-corrected chi connectivity index (χ1v) is 4.47. The molecule has 1 aromatic carbocycles. The second kappa shape index (κ2) is 4.82. The molecule has 0 saturated carbocycles. The van der Waals surface area contributed by atoms with Gasteiger partial charge >= 0.3 is 0 Å². The summed E-state index contributed by atoms with van der Waals surface area (Å²) in [7, 11) is 1.61. The predicted octanol–water partition coefficient (Wildman–Crippen LogP) is 2.25. The van der Waals surface area contributed by atoms with Crippen LogP contribution in [0.1, 0.15) is 17.0 Å². The van der Waals surface area contributed by atoms with Gasteiger partial charge in [0.15, 0.2) is 0 Å². The van der Waals surface area contributed by atoms with Crippen molar-refractivity contribution in [1.82, 2.24) is 0 Å². The average Bonchev–Trinajstić information content (AvgIpc) is 2.26. The van der Waals surface area contributed by atoms with Crippen molar-refractivity contribution in [3.8, 4) is 5.75 Å². The number of para-hydroxylation sites is 1. The molecule has 0 aromatic heterocycles. The van der Waals surface area contributed by atoms with Crippen molar-refractivity contribution in [2.45, 2.75) is 5.92 Å². The molecular formula is C12H15O2. The van der Waals surface area contributed by atoms with E-state index in [1.54, 1.807) is 13.2 Å². The molecule has 0 bridgehead atoms. The smallest absolute Gasteiger partial charge is 0.129 e. The Balaban J connectivity index is 3.21. The molecule has 1 atom stereocenters. The van der Waals surface area contributed by atoms with E-state index in [4.69, 9.17) is 9.84 Å². The zero-order valence-electron chi connectivity index (χ0n) is 8.36. The molecule has 0 aliphatic rings. The van der Waals surface area contributed by atoms with Crippen LogP contribution in [0.15, 0.2) is 24.8 Å². The van der Waals surface area contributed by atoms with Crippen LogP contribution in [0.2, 0.25) is 0 Å². The number of aliphatic hydroxyl groups excluding tert-OH is 1. The van der Waals surface area contributed by atoms with Crippen LogP contribution >= 0.6 is 0 Å². The first-order chi connectivity index (χ1) is 6.74. The van der Waals surface area contributed by atoms with E-state index >= 15 is 0 Å². The highest BCUT2D eigenvalue weighted by Gasteiger charge is 2.12. The summed E-state index contributed by atoms with van der Waals surface area (Å²) in [6.45, 7) is 7.56. The minimum Gasteiger partial charge on any atom is -0.496 e. The van der Waals surface area contributed by atoms with Gasteiger partial charge in [-0.1, -0.05) is 30.9 Å². The van der Waals surface area contributed by atoms with E-state index in [1.807, 2.05) is 18.2 Å². The lowest BCUT2D eigenvalue weighted by Crippen LogP contribution is -2.03. The number of aliphatic hydroxyl groups is 1. The van der Waals surface area contributed by atoms with E-state index in [9.17, 15) is 0 Å². The summed E-state index contributed by atoms with van der Waals surface area (Å²) in [5.74, 6) is 0.585. The molecule has 0 amide bonds. The first-order valence-electron chi connectivity index (χ1n) is 4.47. The Bertz CT molecular complexity index is 318. The minimum atomic E-state index is -0.162. The molecule has 2 nitrogen and oxygen atoms in total. The van der Waals surface area contributed by atoms with Gasteiger partial charge in [-0.15, -0.1) is 0 Å². The predicted molar refractivity (Wildman–Crippen MR) is 58.3 cm³/mol. The van der Waals surface area contributed by atoms with Crippen LogP contribution in [0.5, 0.6) is 5.75 Å². The second-order valence-corrected chi connectivity index (χ2v) is 3.05. The summed E-state index contributed by atoms with van der Waals surface area (Å²) in [6, 6.07) is 5.72. The van der Waals surface area contributed by atoms with E-state index in [0.29, 0.717) is 0 Å². The molecule has 1 N–H and O–H groups in total. The molecule has 0 spiro atoms. The number of methoxy groups -OCH3 is 1. The van der Waals surface area contributed by atoms with Gasteiger partial charge in [-0.05, 0) is 6.92 Å². The second-order valence-electron chi connectivity index (χ2n) is 3.05. The maximum absolute atomic E-state index is 9.03. The van der Waals surface area contributed by atoms with Crippen LogP contribution < -0.4 is 4.74 Å². The van der Waals surface area contributed by atoms with Crippen LogP contribution in [0.25, 0.3) is 6.08 Å². The van der Waals surface area contributed by atoms with Crippen molar-refractivity contribution in [1.29, 1.82) is 0 Å². The van der Waals surface area contributed by atoms with Gasteiger partial charge in [0.1, 0.15) is 5.75 Å². The normalized spacial score (nSPS) is 12.2. The molecule has 1 rings (SSSR count). The first kappa shape index (κ1) is 10.8. The summed E-state index contributed by atoms with van der Waals surface area (Å²) in [4.78, 5) is 0. The molecule has 14 heavy (non-hydrogen) atoms. The van der Waals surface area contributed by atoms with E-state index in [1.165, 1.54) is 0 Å². The molecule has 1 aromatic rings. The third-order valence-electron chi connectivity index (χ3n) is 2.16. The van der Waals surface area contributed by atoms with Gasteiger partial charge in [0, 0.05) is 17.0 Å². The van der Waals surface area contributed by atoms with Gasteiger partial charge in [-0.3, -0.25) is 0 Å². The van der Waals surface area contributed by atoms with Gasteiger partial charge in [-0.25, -0.2) is 0 Å². The minimum absolute atomic E-state index is 0.0109. The monoisotopic (exact) mass is 191 g/mol. The number of hydrogen-bond donors (Lipinski definition) is 1. The van der Waals surface area contributed by atoms with Gasteiger partial charge in [0.05, 0.1) is 13.7 Å². The van der Waals surface area contributed by atoms with Crippen LogP contribution in [-0.2, 0) is 0 Å². The molecular weight excluding hydrogens is 176 g/mol. The van der Waals surface area contributed by atoms with E-state index < -0.39 is 0 Å². The number of hydrogen-bond acceptors (Lipinski definition) is 2. The molecule has 1 radical (unpaired) electrons. The fraction of sp³-hybridized carbons (Fsp3) is 0.250. The van der Waals surface area contributed by atoms with Gasteiger partial charge in [0.2, 0.25) is 0 Å². The largest absolute Gasteiger partial charge is 0.496 e. The van der Waals surface area contributed by atoms with Crippen molar-refractivity contribution in [3.05, 3.63) is 42.8 Å². The Morgan fingerprint density at radius 2 is 2.29 bits per heavy atom. The van der Waals surface area contributed by atoms with Crippen molar-refractivity contribution in [2.75, 3.05) is 13.7 Å². The molecule has 0 saturated heterocycles. The van der Waals surface area contributed by atoms with Gasteiger partial charge in [0.25, 0.3) is 0 Å². The third-order valence-corrected chi connectivity index (χ3v) is 2.16. The molecule has 0 heterocycles. The van der Waals surface area contributed by atoms with Crippen LogP contribution in [0, 0.1) is 6.92 Å². The number of rotatable bonds is 4. The Labute approximate surface area is 84.8 Å². The average molecular weight is 191 g/mol. The van der Waals surface area contributed by atoms with E-state index in [2.05, 4.69) is 13.5 Å². The van der Waals surface area contributed by atoms with Crippen molar-refractivity contribution in [3.63, 3.8) is 0 Å². The quantitative estimate of drug-likeness (QED) is 0.791. The number of benzene rings is 1. The summed E-state index contributed by atoms with van der Waals surface area (Å²) in [5, 5.41) is 9.03. The molecule has 2 heteroatoms. The van der Waals surface area contributed by atoms with Crippen molar-refractivity contribution in [2.24, 2.45) is 0 Å². The van der Waals surface area contributed by atoms with Crippen molar-refractivity contribution >= 4 is 6.08 Å². The Morgan fingerprint density at radius 3 is 2.79 bits per heavy atom. The summed E-state index contributed by atoms with van der Waals surface area (Å²) in [6.07, 6.45) is 1.73. The zero-order chi connectivity index (χ0) is 10.6. The molecule has 1 unspecified atom stereocenters. The number of ether oxygens (including phenoxy) is 1. The molecule has 75 valence electrons. The zero-order valence-corrected chi connectivity index (χ0v) is 8.36. The fourth-order valence-corrected chi connectivity index (χ4v) is 1.39. The molecule has 0 fully saturated rings. The summed E-state index contributed by atoms with van der Waals surface area (Å²) >= 11 is 0. The van der Waals surface area contributed by atoms with Crippen LogP contribution in [0.4, 0.5) is 0 Å².